The van der Waals surface area contributed by atoms with Gasteiger partial charge in [-0.25, -0.2) is 4.68 Å². The van der Waals surface area contributed by atoms with Gasteiger partial charge in [0.2, 0.25) is 0 Å². The van der Waals surface area contributed by atoms with E-state index in [-0.39, 0.29) is 5.91 Å². The Bertz CT molecular complexity index is 512. The number of hydrogen-bond donors (Lipinski definition) is 1. The average molecular weight is 311 g/mol. The van der Waals surface area contributed by atoms with Gasteiger partial charge in [0, 0.05) is 46.5 Å². The van der Waals surface area contributed by atoms with E-state index in [9.17, 15) is 9.90 Å². The second-order valence-corrected chi connectivity index (χ2v) is 12.6. The Morgan fingerprint density at radius 3 is 2.76 bits per heavy atom. The molecule has 2 rings (SSSR count). The first kappa shape index (κ1) is 16.2. The van der Waals surface area contributed by atoms with Crippen LogP contribution in [0.15, 0.2) is 12.4 Å². The molecule has 1 saturated heterocycles. The van der Waals surface area contributed by atoms with Gasteiger partial charge in [-0.15, -0.1) is 0 Å². The molecule has 1 amide bonds. The molecule has 21 heavy (non-hydrogen) atoms. The molecule has 6 nitrogen and oxygen atoms in total. The number of likely N-dealkylation sites (N-methyl/N-ethyl adjacent to an activating group) is 1. The zero-order valence-electron chi connectivity index (χ0n) is 13.3. The third-order valence-corrected chi connectivity index (χ3v) is 5.54. The number of carbonyl (C=O) groups excluding carboxylic acids is 1. The van der Waals surface area contributed by atoms with Crippen molar-refractivity contribution in [3.63, 3.8) is 0 Å². The maximum Gasteiger partial charge on any atom is 0.259 e. The Balaban J connectivity index is 1.92. The standard InChI is InChI=1S/C14H25N3O3Si/c1-16-6-5-14(19,13(16)18)12-9-15-17(10-12)11-20-7-8-21(2,3)4/h9-10,19H,5-8,11H2,1-4H3/t14-/m1/s1. The molecule has 2 heterocycles. The predicted molar refractivity (Wildman–Crippen MR) is 82.5 cm³/mol. The number of rotatable bonds is 6. The Hall–Kier alpha value is -1.18. The Labute approximate surface area is 126 Å². The van der Waals surface area contributed by atoms with E-state index in [4.69, 9.17) is 4.74 Å². The zero-order valence-corrected chi connectivity index (χ0v) is 14.3. The molecule has 1 aromatic rings. The summed E-state index contributed by atoms with van der Waals surface area (Å²) in [7, 11) is 0.614. The highest BCUT2D eigenvalue weighted by Crippen LogP contribution is 2.32. The number of hydrogen-bond acceptors (Lipinski definition) is 4. The Morgan fingerprint density at radius 2 is 2.19 bits per heavy atom. The molecule has 1 N–H and O–H groups in total. The monoisotopic (exact) mass is 311 g/mol. The molecular weight excluding hydrogens is 286 g/mol. The fraction of sp³-hybridized carbons (Fsp3) is 0.714. The topological polar surface area (TPSA) is 67.6 Å². The van der Waals surface area contributed by atoms with Gasteiger partial charge in [0.05, 0.1) is 6.20 Å². The van der Waals surface area contributed by atoms with Gasteiger partial charge >= 0.3 is 0 Å². The van der Waals surface area contributed by atoms with Crippen LogP contribution in [-0.4, -0.2) is 54.0 Å². The first-order chi connectivity index (χ1) is 9.72. The maximum absolute atomic E-state index is 12.0. The van der Waals surface area contributed by atoms with Crippen LogP contribution in [0.1, 0.15) is 12.0 Å². The summed E-state index contributed by atoms with van der Waals surface area (Å²) >= 11 is 0. The van der Waals surface area contributed by atoms with Crippen LogP contribution in [0.5, 0.6) is 0 Å². The fourth-order valence-electron chi connectivity index (χ4n) is 2.31. The van der Waals surface area contributed by atoms with Gasteiger partial charge in [-0.2, -0.15) is 5.10 Å². The third-order valence-electron chi connectivity index (χ3n) is 3.84. The molecule has 0 aliphatic carbocycles. The van der Waals surface area contributed by atoms with Crippen LogP contribution in [-0.2, 0) is 21.9 Å². The minimum atomic E-state index is -1.43. The lowest BCUT2D eigenvalue weighted by Gasteiger charge is -2.18. The van der Waals surface area contributed by atoms with Gasteiger partial charge in [-0.1, -0.05) is 19.6 Å². The van der Waals surface area contributed by atoms with Gasteiger partial charge < -0.3 is 14.7 Å². The van der Waals surface area contributed by atoms with Gasteiger partial charge in [0.25, 0.3) is 5.91 Å². The van der Waals surface area contributed by atoms with Crippen LogP contribution < -0.4 is 0 Å². The highest BCUT2D eigenvalue weighted by molar-refractivity contribution is 6.76. The summed E-state index contributed by atoms with van der Waals surface area (Å²) < 4.78 is 7.24. The first-order valence-electron chi connectivity index (χ1n) is 7.31. The maximum atomic E-state index is 12.0. The lowest BCUT2D eigenvalue weighted by atomic mass is 9.95. The van der Waals surface area contributed by atoms with Crippen LogP contribution in [0.3, 0.4) is 0 Å². The van der Waals surface area contributed by atoms with E-state index in [1.807, 2.05) is 0 Å². The number of likely N-dealkylation sites (tertiary alicyclic amines) is 1. The van der Waals surface area contributed by atoms with Gasteiger partial charge in [0.1, 0.15) is 6.73 Å². The number of aliphatic hydroxyl groups is 1. The van der Waals surface area contributed by atoms with E-state index >= 15 is 0 Å². The van der Waals surface area contributed by atoms with E-state index in [2.05, 4.69) is 24.7 Å². The number of carbonyl (C=O) groups is 1. The molecule has 0 spiro atoms. The summed E-state index contributed by atoms with van der Waals surface area (Å²) in [5.74, 6) is -0.262. The fourth-order valence-corrected chi connectivity index (χ4v) is 3.06. The lowest BCUT2D eigenvalue weighted by Crippen LogP contribution is -2.35. The Kier molecular flexibility index (Phi) is 4.55. The zero-order chi connectivity index (χ0) is 15.7. The minimum absolute atomic E-state index is 0.262. The van der Waals surface area contributed by atoms with Crippen LogP contribution in [0, 0.1) is 0 Å². The van der Waals surface area contributed by atoms with Crippen LogP contribution in [0.2, 0.25) is 25.7 Å². The number of amides is 1. The predicted octanol–water partition coefficient (Wildman–Crippen LogP) is 1.25. The smallest absolute Gasteiger partial charge is 0.259 e. The van der Waals surface area contributed by atoms with Crippen molar-refractivity contribution in [3.8, 4) is 0 Å². The van der Waals surface area contributed by atoms with Crippen molar-refractivity contribution in [3.05, 3.63) is 18.0 Å². The molecule has 0 radical (unpaired) electrons. The summed E-state index contributed by atoms with van der Waals surface area (Å²) in [6.07, 6.45) is 3.66. The summed E-state index contributed by atoms with van der Waals surface area (Å²) in [5, 5.41) is 14.7. The molecule has 7 heteroatoms. The summed E-state index contributed by atoms with van der Waals surface area (Å²) in [5.41, 5.74) is -0.878. The SMILES string of the molecule is CN1CC[C@@](O)(c2cnn(COCC[Si](C)(C)C)c2)C1=O. The molecule has 1 aliphatic heterocycles. The van der Waals surface area contributed by atoms with Crippen molar-refractivity contribution in [2.75, 3.05) is 20.2 Å². The van der Waals surface area contributed by atoms with E-state index in [0.717, 1.165) is 12.7 Å². The van der Waals surface area contributed by atoms with Crippen molar-refractivity contribution in [2.45, 2.75) is 44.4 Å². The normalized spacial score (nSPS) is 23.1. The summed E-state index contributed by atoms with van der Waals surface area (Å²) in [6, 6.07) is 1.11. The van der Waals surface area contributed by atoms with Crippen LogP contribution >= 0.6 is 0 Å². The molecule has 1 aromatic heterocycles. The quantitative estimate of drug-likeness (QED) is 0.634. The van der Waals surface area contributed by atoms with Crippen molar-refractivity contribution in [1.29, 1.82) is 0 Å². The molecule has 1 fully saturated rings. The van der Waals surface area contributed by atoms with E-state index < -0.39 is 13.7 Å². The largest absolute Gasteiger partial charge is 0.375 e. The number of aromatic nitrogens is 2. The molecule has 1 atom stereocenters. The van der Waals surface area contributed by atoms with Crippen molar-refractivity contribution < 1.29 is 14.6 Å². The number of ether oxygens (including phenoxy) is 1. The molecule has 1 aliphatic rings. The van der Waals surface area contributed by atoms with E-state index in [1.165, 1.54) is 0 Å². The molecule has 0 unspecified atom stereocenters. The van der Waals surface area contributed by atoms with Gasteiger partial charge in [-0.3, -0.25) is 4.79 Å². The van der Waals surface area contributed by atoms with Crippen LogP contribution in [0.25, 0.3) is 0 Å². The highest BCUT2D eigenvalue weighted by atomic mass is 28.3. The Morgan fingerprint density at radius 1 is 1.48 bits per heavy atom. The van der Waals surface area contributed by atoms with Crippen molar-refractivity contribution in [2.24, 2.45) is 0 Å². The molecule has 0 bridgehead atoms. The van der Waals surface area contributed by atoms with Crippen molar-refractivity contribution >= 4 is 14.0 Å². The van der Waals surface area contributed by atoms with E-state index in [1.54, 1.807) is 29.0 Å². The van der Waals surface area contributed by atoms with Gasteiger partial charge in [-0.05, 0) is 6.04 Å². The second-order valence-electron chi connectivity index (χ2n) is 6.95. The first-order valence-corrected chi connectivity index (χ1v) is 11.0. The van der Waals surface area contributed by atoms with Crippen LogP contribution in [0.4, 0.5) is 0 Å². The summed E-state index contributed by atoms with van der Waals surface area (Å²) in [4.78, 5) is 13.6. The molecule has 0 aromatic carbocycles. The average Bonchev–Trinajstić information content (AvgIpc) is 2.96. The minimum Gasteiger partial charge on any atom is -0.375 e. The molecule has 118 valence electrons. The second kappa shape index (κ2) is 5.90. The summed E-state index contributed by atoms with van der Waals surface area (Å²) in [6.45, 7) is 8.55. The molecule has 0 saturated carbocycles. The van der Waals surface area contributed by atoms with Gasteiger partial charge in [0.15, 0.2) is 5.60 Å². The van der Waals surface area contributed by atoms with Crippen molar-refractivity contribution in [1.82, 2.24) is 14.7 Å². The highest BCUT2D eigenvalue weighted by Gasteiger charge is 2.45. The lowest BCUT2D eigenvalue weighted by molar-refractivity contribution is -0.143. The third kappa shape index (κ3) is 3.72. The molecular formula is C14H25N3O3Si. The number of nitrogens with zero attached hydrogens (tertiary/aromatic N) is 3. The van der Waals surface area contributed by atoms with E-state index in [0.29, 0.717) is 25.3 Å².